The Balaban J connectivity index is 3.24. The highest BCUT2D eigenvalue weighted by atomic mass is 16.3. The third-order valence-electron chi connectivity index (χ3n) is 3.37. The monoisotopic (exact) mass is 244 g/mol. The lowest BCUT2D eigenvalue weighted by molar-refractivity contribution is 0.123. The van der Waals surface area contributed by atoms with Crippen molar-refractivity contribution in [3.05, 3.63) is 0 Å². The molecule has 0 rings (SSSR count). The highest BCUT2D eigenvalue weighted by Gasteiger charge is 2.07. The Morgan fingerprint density at radius 1 is 1.06 bits per heavy atom. The topological polar surface area (TPSA) is 35.5 Å². The SMILES string of the molecule is CC(C)C(O)CNCCCCCN(C)C(C)C. The zero-order valence-electron chi connectivity index (χ0n) is 12.4. The number of hydrogen-bond donors (Lipinski definition) is 2. The number of nitrogens with zero attached hydrogens (tertiary/aromatic N) is 1. The van der Waals surface area contributed by atoms with Crippen LogP contribution in [0.3, 0.4) is 0 Å². The number of rotatable bonds is 10. The van der Waals surface area contributed by atoms with Crippen molar-refractivity contribution in [2.45, 2.75) is 59.1 Å². The predicted molar refractivity (Wildman–Crippen MR) is 75.3 cm³/mol. The molecule has 0 aromatic rings. The normalized spacial score (nSPS) is 13.9. The molecule has 0 aliphatic rings. The Labute approximate surface area is 108 Å². The second-order valence-corrected chi connectivity index (χ2v) is 5.65. The molecule has 0 amide bonds. The van der Waals surface area contributed by atoms with Gasteiger partial charge >= 0.3 is 0 Å². The van der Waals surface area contributed by atoms with E-state index in [1.54, 1.807) is 0 Å². The van der Waals surface area contributed by atoms with Crippen molar-refractivity contribution < 1.29 is 5.11 Å². The lowest BCUT2D eigenvalue weighted by atomic mass is 10.1. The van der Waals surface area contributed by atoms with Gasteiger partial charge < -0.3 is 15.3 Å². The Bertz CT molecular complexity index is 154. The van der Waals surface area contributed by atoms with E-state index in [0.29, 0.717) is 12.0 Å². The van der Waals surface area contributed by atoms with Crippen LogP contribution in [0.4, 0.5) is 0 Å². The lowest BCUT2D eigenvalue weighted by Gasteiger charge is -2.20. The average Bonchev–Trinajstić information content (AvgIpc) is 2.26. The maximum Gasteiger partial charge on any atom is 0.0687 e. The van der Waals surface area contributed by atoms with E-state index < -0.39 is 0 Å². The zero-order chi connectivity index (χ0) is 13.3. The molecule has 3 heteroatoms. The van der Waals surface area contributed by atoms with Gasteiger partial charge in [0.05, 0.1) is 6.10 Å². The van der Waals surface area contributed by atoms with Crippen LogP contribution in [0, 0.1) is 5.92 Å². The van der Waals surface area contributed by atoms with E-state index in [2.05, 4.69) is 31.1 Å². The molecule has 0 heterocycles. The summed E-state index contributed by atoms with van der Waals surface area (Å²) < 4.78 is 0. The van der Waals surface area contributed by atoms with Crippen LogP contribution in [0.5, 0.6) is 0 Å². The van der Waals surface area contributed by atoms with Crippen LogP contribution in [-0.2, 0) is 0 Å². The second-order valence-electron chi connectivity index (χ2n) is 5.65. The summed E-state index contributed by atoms with van der Waals surface area (Å²) in [4.78, 5) is 2.38. The Morgan fingerprint density at radius 3 is 2.24 bits per heavy atom. The first-order valence-electron chi connectivity index (χ1n) is 7.04. The quantitative estimate of drug-likeness (QED) is 0.578. The second kappa shape index (κ2) is 9.86. The molecule has 0 aliphatic heterocycles. The van der Waals surface area contributed by atoms with Crippen molar-refractivity contribution >= 4 is 0 Å². The molecule has 0 spiro atoms. The lowest BCUT2D eigenvalue weighted by Crippen LogP contribution is -2.31. The van der Waals surface area contributed by atoms with Gasteiger partial charge in [0, 0.05) is 12.6 Å². The minimum atomic E-state index is -0.206. The molecule has 0 aromatic heterocycles. The maximum absolute atomic E-state index is 9.59. The first kappa shape index (κ1) is 16.9. The molecule has 1 unspecified atom stereocenters. The predicted octanol–water partition coefficient (Wildman–Crippen LogP) is 2.10. The minimum absolute atomic E-state index is 0.206. The van der Waals surface area contributed by atoms with Gasteiger partial charge in [0.15, 0.2) is 0 Å². The van der Waals surface area contributed by atoms with Crippen LogP contribution in [0.25, 0.3) is 0 Å². The Hall–Kier alpha value is -0.120. The number of aliphatic hydroxyl groups excluding tert-OH is 1. The molecule has 0 radical (unpaired) electrons. The smallest absolute Gasteiger partial charge is 0.0687 e. The van der Waals surface area contributed by atoms with E-state index >= 15 is 0 Å². The largest absolute Gasteiger partial charge is 0.392 e. The molecule has 0 saturated carbocycles. The van der Waals surface area contributed by atoms with E-state index in [1.165, 1.54) is 25.8 Å². The van der Waals surface area contributed by atoms with Gasteiger partial charge in [0.25, 0.3) is 0 Å². The molecular formula is C14H32N2O. The summed E-state index contributed by atoms with van der Waals surface area (Å²) in [5.41, 5.74) is 0. The van der Waals surface area contributed by atoms with Crippen molar-refractivity contribution in [1.29, 1.82) is 0 Å². The van der Waals surface area contributed by atoms with Gasteiger partial charge in [-0.05, 0) is 52.7 Å². The van der Waals surface area contributed by atoms with E-state index in [0.717, 1.165) is 13.1 Å². The molecule has 0 fully saturated rings. The van der Waals surface area contributed by atoms with E-state index in [-0.39, 0.29) is 6.10 Å². The van der Waals surface area contributed by atoms with Crippen molar-refractivity contribution in [2.75, 3.05) is 26.7 Å². The third kappa shape index (κ3) is 9.57. The molecule has 3 nitrogen and oxygen atoms in total. The fraction of sp³-hybridized carbons (Fsp3) is 1.00. The summed E-state index contributed by atoms with van der Waals surface area (Å²) in [5.74, 6) is 0.349. The highest BCUT2D eigenvalue weighted by Crippen LogP contribution is 2.01. The van der Waals surface area contributed by atoms with Crippen molar-refractivity contribution in [1.82, 2.24) is 10.2 Å². The van der Waals surface area contributed by atoms with E-state index in [1.807, 2.05) is 13.8 Å². The van der Waals surface area contributed by atoms with Crippen LogP contribution in [-0.4, -0.2) is 48.8 Å². The summed E-state index contributed by atoms with van der Waals surface area (Å²) in [6.45, 7) is 11.5. The fourth-order valence-electron chi connectivity index (χ4n) is 1.53. The van der Waals surface area contributed by atoms with Gasteiger partial charge in [-0.1, -0.05) is 20.3 Å². The molecule has 104 valence electrons. The summed E-state index contributed by atoms with van der Waals surface area (Å²) in [5, 5.41) is 12.9. The van der Waals surface area contributed by atoms with E-state index in [4.69, 9.17) is 0 Å². The highest BCUT2D eigenvalue weighted by molar-refractivity contribution is 4.63. The van der Waals surface area contributed by atoms with E-state index in [9.17, 15) is 5.11 Å². The van der Waals surface area contributed by atoms with Gasteiger partial charge in [-0.2, -0.15) is 0 Å². The summed E-state index contributed by atoms with van der Waals surface area (Å²) in [6.07, 6.45) is 3.53. The van der Waals surface area contributed by atoms with Crippen LogP contribution in [0.15, 0.2) is 0 Å². The van der Waals surface area contributed by atoms with Gasteiger partial charge in [-0.15, -0.1) is 0 Å². The first-order valence-corrected chi connectivity index (χ1v) is 7.04. The van der Waals surface area contributed by atoms with Crippen LogP contribution in [0.1, 0.15) is 47.0 Å². The molecule has 1 atom stereocenters. The third-order valence-corrected chi connectivity index (χ3v) is 3.37. The van der Waals surface area contributed by atoms with Crippen LogP contribution in [0.2, 0.25) is 0 Å². The number of nitrogens with one attached hydrogen (secondary N) is 1. The van der Waals surface area contributed by atoms with Crippen LogP contribution >= 0.6 is 0 Å². The summed E-state index contributed by atoms with van der Waals surface area (Å²) in [6, 6.07) is 0.648. The number of unbranched alkanes of at least 4 members (excludes halogenated alkanes) is 2. The number of aliphatic hydroxyl groups is 1. The molecule has 0 aliphatic carbocycles. The van der Waals surface area contributed by atoms with Crippen molar-refractivity contribution in [3.63, 3.8) is 0 Å². The number of hydrogen-bond acceptors (Lipinski definition) is 3. The molecule has 0 aromatic carbocycles. The molecular weight excluding hydrogens is 212 g/mol. The Kier molecular flexibility index (Phi) is 9.79. The van der Waals surface area contributed by atoms with Gasteiger partial charge in [-0.3, -0.25) is 0 Å². The van der Waals surface area contributed by atoms with Gasteiger partial charge in [-0.25, -0.2) is 0 Å². The first-order chi connectivity index (χ1) is 7.95. The summed E-state index contributed by atoms with van der Waals surface area (Å²) in [7, 11) is 2.18. The van der Waals surface area contributed by atoms with Crippen LogP contribution < -0.4 is 5.32 Å². The van der Waals surface area contributed by atoms with Gasteiger partial charge in [0.2, 0.25) is 0 Å². The fourth-order valence-corrected chi connectivity index (χ4v) is 1.53. The molecule has 2 N–H and O–H groups in total. The zero-order valence-corrected chi connectivity index (χ0v) is 12.4. The Morgan fingerprint density at radius 2 is 1.71 bits per heavy atom. The average molecular weight is 244 g/mol. The van der Waals surface area contributed by atoms with Crippen molar-refractivity contribution in [2.24, 2.45) is 5.92 Å². The minimum Gasteiger partial charge on any atom is -0.392 e. The molecule has 17 heavy (non-hydrogen) atoms. The van der Waals surface area contributed by atoms with Gasteiger partial charge in [0.1, 0.15) is 0 Å². The maximum atomic E-state index is 9.59. The molecule has 0 saturated heterocycles. The molecule has 0 bridgehead atoms. The van der Waals surface area contributed by atoms with Crippen molar-refractivity contribution in [3.8, 4) is 0 Å². The summed E-state index contributed by atoms with van der Waals surface area (Å²) >= 11 is 0. The standard InChI is InChI=1S/C14H32N2O/c1-12(2)14(17)11-15-9-7-6-8-10-16(5)13(3)4/h12-15,17H,6-11H2,1-5H3.